The van der Waals surface area contributed by atoms with Crippen molar-refractivity contribution in [1.82, 2.24) is 9.46 Å². The first-order chi connectivity index (χ1) is 10.8. The van der Waals surface area contributed by atoms with Gasteiger partial charge in [0.15, 0.2) is 0 Å². The molecule has 0 saturated carbocycles. The van der Waals surface area contributed by atoms with E-state index in [0.29, 0.717) is 17.0 Å². The maximum absolute atomic E-state index is 12.7. The largest absolute Gasteiger partial charge is 0.465 e. The number of esters is 1. The Morgan fingerprint density at radius 1 is 1.30 bits per heavy atom. The van der Waals surface area contributed by atoms with E-state index >= 15 is 0 Å². The zero-order chi connectivity index (χ0) is 17.2. The Morgan fingerprint density at radius 2 is 2.00 bits per heavy atom. The maximum Gasteiger partial charge on any atom is 0.337 e. The fourth-order valence-corrected chi connectivity index (χ4v) is 3.49. The van der Waals surface area contributed by atoms with Gasteiger partial charge in [0.2, 0.25) is 10.0 Å². The number of hydrogen-bond donors (Lipinski definition) is 0. The van der Waals surface area contributed by atoms with Crippen LogP contribution in [0.5, 0.6) is 0 Å². The molecule has 1 aromatic carbocycles. The van der Waals surface area contributed by atoms with Gasteiger partial charge in [0.25, 0.3) is 0 Å². The number of rotatable bonds is 5. The van der Waals surface area contributed by atoms with Crippen LogP contribution < -0.4 is 0 Å². The number of carbonyl (C=O) groups is 1. The first-order valence-electron chi connectivity index (χ1n) is 6.83. The van der Waals surface area contributed by atoms with E-state index in [1.54, 1.807) is 26.0 Å². The monoisotopic (exact) mass is 338 g/mol. The van der Waals surface area contributed by atoms with Crippen molar-refractivity contribution >= 4 is 16.0 Å². The number of methoxy groups -OCH3 is 1. The highest BCUT2D eigenvalue weighted by molar-refractivity contribution is 7.89. The van der Waals surface area contributed by atoms with Crippen molar-refractivity contribution in [3.63, 3.8) is 0 Å². The SMILES string of the molecule is COC(=O)c1ccc(C)c(S(=O)(=O)N(C)Cc2cc(C)on2)c1. The number of aryl methyl sites for hydroxylation is 2. The summed E-state index contributed by atoms with van der Waals surface area (Å²) < 4.78 is 36.2. The van der Waals surface area contributed by atoms with Crippen LogP contribution in [0.3, 0.4) is 0 Å². The highest BCUT2D eigenvalue weighted by Crippen LogP contribution is 2.22. The summed E-state index contributed by atoms with van der Waals surface area (Å²) in [7, 11) is -1.09. The maximum atomic E-state index is 12.7. The van der Waals surface area contributed by atoms with Gasteiger partial charge in [0, 0.05) is 13.1 Å². The Labute approximate surface area is 134 Å². The third kappa shape index (κ3) is 3.59. The predicted octanol–water partition coefficient (Wildman–Crippen LogP) is 1.90. The molecule has 2 rings (SSSR count). The molecule has 1 heterocycles. The third-order valence-electron chi connectivity index (χ3n) is 3.36. The van der Waals surface area contributed by atoms with Gasteiger partial charge in [-0.3, -0.25) is 0 Å². The molecule has 0 aliphatic rings. The number of sulfonamides is 1. The number of aromatic nitrogens is 1. The molecule has 0 fully saturated rings. The topological polar surface area (TPSA) is 89.7 Å². The summed E-state index contributed by atoms with van der Waals surface area (Å²) in [5.41, 5.74) is 1.23. The molecule has 7 nitrogen and oxygen atoms in total. The number of benzene rings is 1. The molecule has 23 heavy (non-hydrogen) atoms. The van der Waals surface area contributed by atoms with Crippen LogP contribution in [-0.4, -0.2) is 38.0 Å². The first-order valence-corrected chi connectivity index (χ1v) is 8.27. The summed E-state index contributed by atoms with van der Waals surface area (Å²) in [6.07, 6.45) is 0. The molecule has 0 bridgehead atoms. The third-order valence-corrected chi connectivity index (χ3v) is 5.30. The van der Waals surface area contributed by atoms with Gasteiger partial charge in [0.05, 0.1) is 29.8 Å². The fraction of sp³-hybridized carbons (Fsp3) is 0.333. The van der Waals surface area contributed by atoms with Crippen LogP contribution in [0.2, 0.25) is 0 Å². The summed E-state index contributed by atoms with van der Waals surface area (Å²) in [5, 5.41) is 3.79. The summed E-state index contributed by atoms with van der Waals surface area (Å²) in [6, 6.07) is 6.10. The number of ether oxygens (including phenoxy) is 1. The molecule has 0 atom stereocenters. The molecule has 0 aliphatic heterocycles. The zero-order valence-corrected chi connectivity index (χ0v) is 14.2. The van der Waals surface area contributed by atoms with Gasteiger partial charge in [-0.25, -0.2) is 13.2 Å². The summed E-state index contributed by atoms with van der Waals surface area (Å²) >= 11 is 0. The van der Waals surface area contributed by atoms with Gasteiger partial charge >= 0.3 is 5.97 Å². The van der Waals surface area contributed by atoms with Crippen molar-refractivity contribution in [2.75, 3.05) is 14.2 Å². The van der Waals surface area contributed by atoms with Crippen LogP contribution in [-0.2, 0) is 21.3 Å². The number of carbonyl (C=O) groups excluding carboxylic acids is 1. The van der Waals surface area contributed by atoms with E-state index in [1.807, 2.05) is 0 Å². The van der Waals surface area contributed by atoms with Crippen molar-refractivity contribution < 1.29 is 22.5 Å². The molecule has 0 unspecified atom stereocenters. The van der Waals surface area contributed by atoms with E-state index in [4.69, 9.17) is 4.52 Å². The Balaban J connectivity index is 2.36. The summed E-state index contributed by atoms with van der Waals surface area (Å²) in [4.78, 5) is 11.7. The normalized spacial score (nSPS) is 11.7. The van der Waals surface area contributed by atoms with Crippen molar-refractivity contribution in [2.24, 2.45) is 0 Å². The lowest BCUT2D eigenvalue weighted by atomic mass is 10.1. The summed E-state index contributed by atoms with van der Waals surface area (Å²) in [6.45, 7) is 3.47. The van der Waals surface area contributed by atoms with Gasteiger partial charge < -0.3 is 9.26 Å². The minimum absolute atomic E-state index is 0.0584. The van der Waals surface area contributed by atoms with Crippen LogP contribution in [0.25, 0.3) is 0 Å². The molecule has 8 heteroatoms. The molecule has 2 aromatic rings. The lowest BCUT2D eigenvalue weighted by molar-refractivity contribution is 0.0600. The van der Waals surface area contributed by atoms with Crippen molar-refractivity contribution in [2.45, 2.75) is 25.3 Å². The van der Waals surface area contributed by atoms with Crippen LogP contribution >= 0.6 is 0 Å². The average Bonchev–Trinajstić information content (AvgIpc) is 2.91. The van der Waals surface area contributed by atoms with Gasteiger partial charge in [-0.05, 0) is 31.5 Å². The molecule has 0 N–H and O–H groups in total. The van der Waals surface area contributed by atoms with E-state index in [9.17, 15) is 13.2 Å². The number of nitrogens with zero attached hydrogens (tertiary/aromatic N) is 2. The number of hydrogen-bond acceptors (Lipinski definition) is 6. The van der Waals surface area contributed by atoms with Crippen LogP contribution in [0.4, 0.5) is 0 Å². The lowest BCUT2D eigenvalue weighted by Crippen LogP contribution is -2.27. The molecular weight excluding hydrogens is 320 g/mol. The van der Waals surface area contributed by atoms with Crippen molar-refractivity contribution in [3.8, 4) is 0 Å². The Morgan fingerprint density at radius 3 is 2.57 bits per heavy atom. The van der Waals surface area contributed by atoms with Gasteiger partial charge in [-0.1, -0.05) is 11.2 Å². The molecule has 0 amide bonds. The van der Waals surface area contributed by atoms with E-state index in [2.05, 4.69) is 9.89 Å². The second-order valence-electron chi connectivity index (χ2n) is 5.16. The fourth-order valence-electron chi connectivity index (χ4n) is 2.10. The van der Waals surface area contributed by atoms with Crippen LogP contribution in [0, 0.1) is 13.8 Å². The minimum Gasteiger partial charge on any atom is -0.465 e. The van der Waals surface area contributed by atoms with E-state index < -0.39 is 16.0 Å². The summed E-state index contributed by atoms with van der Waals surface area (Å²) in [5.74, 6) is 0.0193. The molecule has 0 radical (unpaired) electrons. The second kappa shape index (κ2) is 6.51. The minimum atomic E-state index is -3.78. The molecular formula is C15H18N2O5S. The lowest BCUT2D eigenvalue weighted by Gasteiger charge is -2.17. The smallest absolute Gasteiger partial charge is 0.337 e. The van der Waals surface area contributed by atoms with Gasteiger partial charge in [-0.15, -0.1) is 0 Å². The first kappa shape index (κ1) is 17.2. The molecule has 124 valence electrons. The van der Waals surface area contributed by atoms with Crippen LogP contribution in [0.15, 0.2) is 33.7 Å². The standard InChI is InChI=1S/C15H18N2O5S/c1-10-5-6-12(15(18)21-4)8-14(10)23(19,20)17(3)9-13-7-11(2)22-16-13/h5-8H,9H2,1-4H3. The quantitative estimate of drug-likeness (QED) is 0.774. The highest BCUT2D eigenvalue weighted by Gasteiger charge is 2.25. The van der Waals surface area contributed by atoms with E-state index in [-0.39, 0.29) is 17.0 Å². The molecule has 0 spiro atoms. The predicted molar refractivity (Wildman–Crippen MR) is 82.4 cm³/mol. The van der Waals surface area contributed by atoms with E-state index in [1.165, 1.54) is 26.3 Å². The van der Waals surface area contributed by atoms with Crippen molar-refractivity contribution in [3.05, 3.63) is 46.8 Å². The second-order valence-corrected chi connectivity index (χ2v) is 7.18. The van der Waals surface area contributed by atoms with Gasteiger partial charge in [-0.2, -0.15) is 4.31 Å². The molecule has 1 aromatic heterocycles. The molecule has 0 aliphatic carbocycles. The van der Waals surface area contributed by atoms with Crippen LogP contribution in [0.1, 0.15) is 27.4 Å². The van der Waals surface area contributed by atoms with E-state index in [0.717, 1.165) is 4.31 Å². The van der Waals surface area contributed by atoms with Crippen molar-refractivity contribution in [1.29, 1.82) is 0 Å². The zero-order valence-electron chi connectivity index (χ0n) is 13.4. The average molecular weight is 338 g/mol. The van der Waals surface area contributed by atoms with Gasteiger partial charge in [0.1, 0.15) is 5.76 Å². The Kier molecular flexibility index (Phi) is 4.86. The Bertz CT molecular complexity index is 826. The Hall–Kier alpha value is -2.19. The molecule has 0 saturated heterocycles. The highest BCUT2D eigenvalue weighted by atomic mass is 32.2.